The van der Waals surface area contributed by atoms with Gasteiger partial charge in [-0.25, -0.2) is 9.18 Å². The van der Waals surface area contributed by atoms with Gasteiger partial charge in [0.05, 0.1) is 6.54 Å². The standard InChI is InChI=1S/C27H32FN3O/c1-20-9-6-15-26(21(20)2)29-27(32)31(24-12-4-3-5-13-24)19-25-14-8-16-30(25)18-22-10-7-11-23(28)17-22/h6-11,14-17,24H,3-5,12-13,18-19H2,1-2H3,(H,29,32). The van der Waals surface area contributed by atoms with Gasteiger partial charge in [-0.05, 0) is 73.7 Å². The molecule has 2 aromatic carbocycles. The predicted molar refractivity (Wildman–Crippen MR) is 127 cm³/mol. The van der Waals surface area contributed by atoms with E-state index < -0.39 is 0 Å². The zero-order valence-electron chi connectivity index (χ0n) is 19.0. The van der Waals surface area contributed by atoms with Crippen molar-refractivity contribution in [3.8, 4) is 0 Å². The van der Waals surface area contributed by atoms with Crippen LogP contribution in [0.5, 0.6) is 0 Å². The fourth-order valence-corrected chi connectivity index (χ4v) is 4.59. The summed E-state index contributed by atoms with van der Waals surface area (Å²) >= 11 is 0. The molecule has 3 aromatic rings. The van der Waals surface area contributed by atoms with E-state index in [9.17, 15) is 9.18 Å². The number of anilines is 1. The number of aromatic nitrogens is 1. The first kappa shape index (κ1) is 22.1. The Bertz CT molecular complexity index is 1070. The van der Waals surface area contributed by atoms with Crippen molar-refractivity contribution in [3.63, 3.8) is 0 Å². The van der Waals surface area contributed by atoms with Crippen LogP contribution in [0, 0.1) is 19.7 Å². The zero-order chi connectivity index (χ0) is 22.5. The van der Waals surface area contributed by atoms with Crippen molar-refractivity contribution in [2.75, 3.05) is 5.32 Å². The molecule has 1 N–H and O–H groups in total. The second-order valence-electron chi connectivity index (χ2n) is 8.85. The smallest absolute Gasteiger partial charge is 0.322 e. The second-order valence-corrected chi connectivity index (χ2v) is 8.85. The molecule has 0 radical (unpaired) electrons. The second kappa shape index (κ2) is 10.0. The summed E-state index contributed by atoms with van der Waals surface area (Å²) in [5.74, 6) is -0.229. The summed E-state index contributed by atoms with van der Waals surface area (Å²) in [6, 6.07) is 16.9. The molecule has 1 heterocycles. The summed E-state index contributed by atoms with van der Waals surface area (Å²) in [7, 11) is 0. The molecule has 0 unspecified atom stereocenters. The Kier molecular flexibility index (Phi) is 6.93. The summed E-state index contributed by atoms with van der Waals surface area (Å²) in [6.07, 6.45) is 7.61. The van der Waals surface area contributed by atoms with Crippen molar-refractivity contribution in [1.29, 1.82) is 0 Å². The van der Waals surface area contributed by atoms with Crippen LogP contribution in [-0.4, -0.2) is 21.5 Å². The van der Waals surface area contributed by atoms with Crippen LogP contribution in [0.15, 0.2) is 60.8 Å². The van der Waals surface area contributed by atoms with Crippen LogP contribution in [0.4, 0.5) is 14.9 Å². The van der Waals surface area contributed by atoms with Crippen LogP contribution in [0.1, 0.15) is 54.5 Å². The van der Waals surface area contributed by atoms with Crippen LogP contribution < -0.4 is 5.32 Å². The molecule has 32 heavy (non-hydrogen) atoms. The van der Waals surface area contributed by atoms with E-state index in [1.54, 1.807) is 12.1 Å². The molecular weight excluding hydrogens is 401 g/mol. The van der Waals surface area contributed by atoms with Crippen LogP contribution in [0.25, 0.3) is 0 Å². The fraction of sp³-hybridized carbons (Fsp3) is 0.370. The predicted octanol–water partition coefficient (Wildman–Crippen LogP) is 6.66. The minimum absolute atomic E-state index is 0.0518. The Morgan fingerprint density at radius 3 is 2.62 bits per heavy atom. The summed E-state index contributed by atoms with van der Waals surface area (Å²) in [5, 5.41) is 3.17. The van der Waals surface area contributed by atoms with Crippen molar-refractivity contribution >= 4 is 11.7 Å². The number of nitrogens with zero attached hydrogens (tertiary/aromatic N) is 2. The Balaban J connectivity index is 1.56. The molecule has 1 aromatic heterocycles. The molecule has 5 heteroatoms. The van der Waals surface area contributed by atoms with E-state index in [0.29, 0.717) is 13.1 Å². The lowest BCUT2D eigenvalue weighted by Crippen LogP contribution is -2.43. The van der Waals surface area contributed by atoms with E-state index in [1.807, 2.05) is 42.3 Å². The maximum Gasteiger partial charge on any atom is 0.322 e. The highest BCUT2D eigenvalue weighted by molar-refractivity contribution is 5.90. The number of carbonyl (C=O) groups is 1. The zero-order valence-corrected chi connectivity index (χ0v) is 19.0. The van der Waals surface area contributed by atoms with Crippen LogP contribution >= 0.6 is 0 Å². The van der Waals surface area contributed by atoms with Gasteiger partial charge in [0.15, 0.2) is 0 Å². The molecule has 1 saturated carbocycles. The first-order chi connectivity index (χ1) is 15.5. The molecular formula is C27H32FN3O. The van der Waals surface area contributed by atoms with Gasteiger partial charge in [0.1, 0.15) is 5.82 Å². The van der Waals surface area contributed by atoms with Crippen molar-refractivity contribution in [2.24, 2.45) is 0 Å². The van der Waals surface area contributed by atoms with Crippen LogP contribution in [0.2, 0.25) is 0 Å². The molecule has 4 rings (SSSR count). The molecule has 168 valence electrons. The minimum Gasteiger partial charge on any atom is -0.345 e. The van der Waals surface area contributed by atoms with Gasteiger partial charge in [-0.3, -0.25) is 0 Å². The SMILES string of the molecule is Cc1cccc(NC(=O)N(Cc2cccn2Cc2cccc(F)c2)C2CCCCC2)c1C. The number of nitrogens with one attached hydrogen (secondary N) is 1. The van der Waals surface area contributed by atoms with Gasteiger partial charge >= 0.3 is 6.03 Å². The maximum absolute atomic E-state index is 13.7. The number of urea groups is 1. The molecule has 4 nitrogen and oxygen atoms in total. The average molecular weight is 434 g/mol. The van der Waals surface area contributed by atoms with E-state index in [4.69, 9.17) is 0 Å². The molecule has 0 saturated heterocycles. The van der Waals surface area contributed by atoms with Gasteiger partial charge < -0.3 is 14.8 Å². The average Bonchev–Trinajstić information content (AvgIpc) is 3.22. The number of aryl methyl sites for hydroxylation is 1. The fourth-order valence-electron chi connectivity index (χ4n) is 4.59. The van der Waals surface area contributed by atoms with Crippen molar-refractivity contribution in [2.45, 2.75) is 65.1 Å². The number of halogens is 1. The molecule has 0 spiro atoms. The van der Waals surface area contributed by atoms with Crippen molar-refractivity contribution in [1.82, 2.24) is 9.47 Å². The largest absolute Gasteiger partial charge is 0.345 e. The lowest BCUT2D eigenvalue weighted by atomic mass is 9.94. The topological polar surface area (TPSA) is 37.3 Å². The molecule has 2 amide bonds. The summed E-state index contributed by atoms with van der Waals surface area (Å²) in [6.45, 7) is 5.21. The number of rotatable bonds is 6. The third-order valence-corrected chi connectivity index (χ3v) is 6.62. The number of hydrogen-bond acceptors (Lipinski definition) is 1. The van der Waals surface area contributed by atoms with Gasteiger partial charge in [-0.1, -0.05) is 43.5 Å². The summed E-state index contributed by atoms with van der Waals surface area (Å²) in [4.78, 5) is 15.5. The van der Waals surface area contributed by atoms with Crippen molar-refractivity contribution < 1.29 is 9.18 Å². The van der Waals surface area contributed by atoms with E-state index in [1.165, 1.54) is 12.5 Å². The Morgan fingerprint density at radius 2 is 1.84 bits per heavy atom. The van der Waals surface area contributed by atoms with Crippen molar-refractivity contribution in [3.05, 3.63) is 89.0 Å². The van der Waals surface area contributed by atoms with Gasteiger partial charge in [0, 0.05) is 30.2 Å². The lowest BCUT2D eigenvalue weighted by molar-refractivity contribution is 0.161. The van der Waals surface area contributed by atoms with Crippen LogP contribution in [-0.2, 0) is 13.1 Å². The highest BCUT2D eigenvalue weighted by atomic mass is 19.1. The number of amides is 2. The van der Waals surface area contributed by atoms with Gasteiger partial charge in [-0.2, -0.15) is 0 Å². The van der Waals surface area contributed by atoms with E-state index in [0.717, 1.165) is 53.8 Å². The maximum atomic E-state index is 13.7. The minimum atomic E-state index is -0.229. The lowest BCUT2D eigenvalue weighted by Gasteiger charge is -2.35. The van der Waals surface area contributed by atoms with Gasteiger partial charge in [0.25, 0.3) is 0 Å². The normalized spacial score (nSPS) is 14.3. The van der Waals surface area contributed by atoms with Crippen LogP contribution in [0.3, 0.4) is 0 Å². The number of hydrogen-bond donors (Lipinski definition) is 1. The number of carbonyl (C=O) groups excluding carboxylic acids is 1. The summed E-state index contributed by atoms with van der Waals surface area (Å²) in [5.41, 5.74) is 5.09. The van der Waals surface area contributed by atoms with E-state index >= 15 is 0 Å². The first-order valence-electron chi connectivity index (χ1n) is 11.5. The summed E-state index contributed by atoms with van der Waals surface area (Å²) < 4.78 is 15.8. The molecule has 1 fully saturated rings. The van der Waals surface area contributed by atoms with E-state index in [2.05, 4.69) is 28.9 Å². The van der Waals surface area contributed by atoms with Gasteiger partial charge in [-0.15, -0.1) is 0 Å². The third-order valence-electron chi connectivity index (χ3n) is 6.62. The molecule has 0 bridgehead atoms. The third kappa shape index (κ3) is 5.21. The molecule has 1 aliphatic rings. The quantitative estimate of drug-likeness (QED) is 0.464. The first-order valence-corrected chi connectivity index (χ1v) is 11.5. The monoisotopic (exact) mass is 433 g/mol. The molecule has 1 aliphatic carbocycles. The Labute approximate surface area is 190 Å². The Hall–Kier alpha value is -3.08. The molecule has 0 aliphatic heterocycles. The Morgan fingerprint density at radius 1 is 1.06 bits per heavy atom. The highest BCUT2D eigenvalue weighted by Crippen LogP contribution is 2.26. The molecule has 0 atom stereocenters. The number of benzene rings is 2. The van der Waals surface area contributed by atoms with Gasteiger partial charge in [0.2, 0.25) is 0 Å². The van der Waals surface area contributed by atoms with E-state index in [-0.39, 0.29) is 17.9 Å². The highest BCUT2D eigenvalue weighted by Gasteiger charge is 2.27.